The SMILES string of the molecule is CC.N#CC1(c2cc3c(NCc4cccc(C(F)(F)CO)c4F)ncnc3nc2Cl)CC1. The highest BCUT2D eigenvalue weighted by atomic mass is 35.5. The summed E-state index contributed by atoms with van der Waals surface area (Å²) in [5.74, 6) is -4.49. The van der Waals surface area contributed by atoms with Crippen molar-refractivity contribution in [2.24, 2.45) is 0 Å². The molecule has 0 saturated heterocycles. The van der Waals surface area contributed by atoms with Gasteiger partial charge in [-0.3, -0.25) is 0 Å². The fourth-order valence-electron chi connectivity index (χ4n) is 3.27. The maximum absolute atomic E-state index is 14.6. The van der Waals surface area contributed by atoms with E-state index in [0.717, 1.165) is 6.07 Å². The van der Waals surface area contributed by atoms with E-state index < -0.39 is 29.3 Å². The Morgan fingerprint density at radius 3 is 2.62 bits per heavy atom. The summed E-state index contributed by atoms with van der Waals surface area (Å²) in [6.07, 6.45) is 2.59. The van der Waals surface area contributed by atoms with Crippen molar-refractivity contribution in [2.45, 2.75) is 44.6 Å². The molecule has 0 bridgehead atoms. The zero-order valence-corrected chi connectivity index (χ0v) is 18.2. The van der Waals surface area contributed by atoms with Gasteiger partial charge in [-0.25, -0.2) is 19.3 Å². The van der Waals surface area contributed by atoms with Crippen LogP contribution < -0.4 is 5.32 Å². The number of anilines is 1. The minimum atomic E-state index is -3.69. The molecule has 2 heterocycles. The Bertz CT molecular complexity index is 1180. The van der Waals surface area contributed by atoms with Crippen LogP contribution in [0.15, 0.2) is 30.6 Å². The summed E-state index contributed by atoms with van der Waals surface area (Å²) in [6, 6.07) is 7.53. The van der Waals surface area contributed by atoms with Crippen LogP contribution in [0.5, 0.6) is 0 Å². The van der Waals surface area contributed by atoms with Crippen LogP contribution in [-0.2, 0) is 17.9 Å². The van der Waals surface area contributed by atoms with E-state index in [1.807, 2.05) is 13.8 Å². The summed E-state index contributed by atoms with van der Waals surface area (Å²) in [5, 5.41) is 21.9. The maximum atomic E-state index is 14.6. The molecule has 1 aromatic carbocycles. The molecule has 6 nitrogen and oxygen atoms in total. The zero-order chi connectivity index (χ0) is 23.5. The van der Waals surface area contributed by atoms with Crippen molar-refractivity contribution in [3.8, 4) is 6.07 Å². The lowest BCUT2D eigenvalue weighted by Gasteiger charge is -2.17. The summed E-state index contributed by atoms with van der Waals surface area (Å²) < 4.78 is 42.1. The third-order valence-electron chi connectivity index (χ3n) is 5.18. The highest BCUT2D eigenvalue weighted by Gasteiger charge is 2.47. The molecule has 0 spiro atoms. The van der Waals surface area contributed by atoms with E-state index in [1.165, 1.54) is 18.5 Å². The topological polar surface area (TPSA) is 94.7 Å². The standard InChI is InChI=1S/C20H15ClF3N5O.C2H6/c21-16-14(19(8-25)4-5-19)6-12-17(27-10-28-18(12)29-16)26-7-11-2-1-3-13(15(11)22)20(23,24)9-30;1-2/h1-3,6,10,30H,4-5,7,9H2,(H,26,27,28,29);1-2H3. The van der Waals surface area contributed by atoms with Crippen molar-refractivity contribution in [1.29, 1.82) is 5.26 Å². The average Bonchev–Trinajstić information content (AvgIpc) is 3.60. The number of hydrogen-bond acceptors (Lipinski definition) is 6. The molecule has 3 aromatic rings. The number of rotatable bonds is 6. The largest absolute Gasteiger partial charge is 0.390 e. The quantitative estimate of drug-likeness (QED) is 0.494. The molecule has 2 N–H and O–H groups in total. The smallest absolute Gasteiger partial charge is 0.298 e. The average molecular weight is 464 g/mol. The summed E-state index contributed by atoms with van der Waals surface area (Å²) >= 11 is 6.24. The van der Waals surface area contributed by atoms with Gasteiger partial charge in [-0.1, -0.05) is 37.6 Å². The van der Waals surface area contributed by atoms with Crippen LogP contribution in [0.4, 0.5) is 19.0 Å². The molecule has 1 aliphatic carbocycles. The summed E-state index contributed by atoms with van der Waals surface area (Å²) in [5.41, 5.74) is -0.715. The van der Waals surface area contributed by atoms with E-state index in [9.17, 15) is 18.4 Å². The molecular weight excluding hydrogens is 443 g/mol. The van der Waals surface area contributed by atoms with Gasteiger partial charge in [0.15, 0.2) is 5.65 Å². The summed E-state index contributed by atoms with van der Waals surface area (Å²) in [6.45, 7) is 2.36. The van der Waals surface area contributed by atoms with E-state index in [-0.39, 0.29) is 22.9 Å². The molecule has 4 rings (SSSR count). The molecule has 2 aromatic heterocycles. The highest BCUT2D eigenvalue weighted by molar-refractivity contribution is 6.30. The second-order valence-electron chi connectivity index (χ2n) is 7.11. The van der Waals surface area contributed by atoms with Gasteiger partial charge in [-0.15, -0.1) is 0 Å². The van der Waals surface area contributed by atoms with E-state index in [0.29, 0.717) is 29.6 Å². The van der Waals surface area contributed by atoms with Crippen LogP contribution in [0.1, 0.15) is 43.4 Å². The number of aromatic nitrogens is 3. The Morgan fingerprint density at radius 1 is 1.28 bits per heavy atom. The predicted octanol–water partition coefficient (Wildman–Crippen LogP) is 5.09. The lowest BCUT2D eigenvalue weighted by molar-refractivity contribution is -0.0583. The molecule has 10 heteroatoms. The molecule has 32 heavy (non-hydrogen) atoms. The molecule has 1 saturated carbocycles. The number of halogens is 4. The van der Waals surface area contributed by atoms with Crippen molar-refractivity contribution in [2.75, 3.05) is 11.9 Å². The highest BCUT2D eigenvalue weighted by Crippen LogP contribution is 2.50. The molecular formula is C22H21ClF3N5O. The van der Waals surface area contributed by atoms with Crippen molar-refractivity contribution in [1.82, 2.24) is 15.0 Å². The lowest BCUT2D eigenvalue weighted by Crippen LogP contribution is -2.21. The van der Waals surface area contributed by atoms with E-state index in [1.54, 1.807) is 6.07 Å². The van der Waals surface area contributed by atoms with Crippen LogP contribution in [-0.4, -0.2) is 26.7 Å². The van der Waals surface area contributed by atoms with Crippen molar-refractivity contribution >= 4 is 28.5 Å². The van der Waals surface area contributed by atoms with Gasteiger partial charge in [0.05, 0.1) is 22.4 Å². The van der Waals surface area contributed by atoms with Gasteiger partial charge in [0.25, 0.3) is 5.92 Å². The van der Waals surface area contributed by atoms with Crippen molar-refractivity contribution in [3.63, 3.8) is 0 Å². The van der Waals surface area contributed by atoms with E-state index in [2.05, 4.69) is 26.3 Å². The number of fused-ring (bicyclic) bond motifs is 1. The Morgan fingerprint density at radius 2 is 2.00 bits per heavy atom. The van der Waals surface area contributed by atoms with Gasteiger partial charge in [-0.2, -0.15) is 14.0 Å². The minimum absolute atomic E-state index is 0.0229. The van der Waals surface area contributed by atoms with Crippen molar-refractivity contribution < 1.29 is 18.3 Å². The molecule has 0 unspecified atom stereocenters. The molecule has 168 valence electrons. The fraction of sp³-hybridized carbons (Fsp3) is 0.364. The summed E-state index contributed by atoms with van der Waals surface area (Å²) in [7, 11) is 0. The number of aliphatic hydroxyl groups excluding tert-OH is 1. The summed E-state index contributed by atoms with van der Waals surface area (Å²) in [4.78, 5) is 12.5. The minimum Gasteiger partial charge on any atom is -0.390 e. The molecule has 0 aliphatic heterocycles. The molecule has 1 aliphatic rings. The zero-order valence-electron chi connectivity index (χ0n) is 17.5. The van der Waals surface area contributed by atoms with Crippen molar-refractivity contribution in [3.05, 3.63) is 58.3 Å². The predicted molar refractivity (Wildman–Crippen MR) is 115 cm³/mol. The number of nitriles is 1. The van der Waals surface area contributed by atoms with E-state index in [4.69, 9.17) is 16.7 Å². The maximum Gasteiger partial charge on any atom is 0.298 e. The number of alkyl halides is 2. The second-order valence-corrected chi connectivity index (χ2v) is 7.47. The Labute approximate surface area is 188 Å². The second kappa shape index (κ2) is 9.27. The van der Waals surface area contributed by atoms with Gasteiger partial charge >= 0.3 is 0 Å². The fourth-order valence-corrected chi connectivity index (χ4v) is 3.59. The number of benzene rings is 1. The van der Waals surface area contributed by atoms with Crippen LogP contribution in [0, 0.1) is 17.1 Å². The third-order valence-corrected chi connectivity index (χ3v) is 5.46. The monoisotopic (exact) mass is 463 g/mol. The molecule has 1 fully saturated rings. The first-order chi connectivity index (χ1) is 15.3. The first-order valence-electron chi connectivity index (χ1n) is 10.0. The number of aliphatic hydroxyl groups is 1. The molecule has 0 radical (unpaired) electrons. The number of nitrogens with zero attached hydrogens (tertiary/aromatic N) is 4. The Hall–Kier alpha value is -2.96. The van der Waals surface area contributed by atoms with E-state index >= 15 is 0 Å². The Balaban J connectivity index is 0.00000141. The molecule has 0 amide bonds. The van der Waals surface area contributed by atoms with Gasteiger partial charge in [0, 0.05) is 17.7 Å². The number of nitrogens with one attached hydrogen (secondary N) is 1. The number of hydrogen-bond donors (Lipinski definition) is 2. The van der Waals surface area contributed by atoms with Gasteiger partial charge < -0.3 is 10.4 Å². The lowest BCUT2D eigenvalue weighted by atomic mass is 9.98. The van der Waals surface area contributed by atoms with Gasteiger partial charge in [-0.05, 0) is 25.0 Å². The molecule has 0 atom stereocenters. The van der Waals surface area contributed by atoms with Gasteiger partial charge in [0.1, 0.15) is 29.7 Å². The van der Waals surface area contributed by atoms with Crippen LogP contribution >= 0.6 is 11.6 Å². The number of pyridine rings is 1. The Kier molecular flexibility index (Phi) is 6.86. The van der Waals surface area contributed by atoms with Crippen LogP contribution in [0.2, 0.25) is 5.15 Å². The van der Waals surface area contributed by atoms with Gasteiger partial charge in [0.2, 0.25) is 0 Å². The first kappa shape index (κ1) is 23.7. The normalized spacial score (nSPS) is 14.3. The van der Waals surface area contributed by atoms with Crippen LogP contribution in [0.25, 0.3) is 11.0 Å². The van der Waals surface area contributed by atoms with Crippen LogP contribution in [0.3, 0.4) is 0 Å². The first-order valence-corrected chi connectivity index (χ1v) is 10.4. The third kappa shape index (κ3) is 4.33.